The Morgan fingerprint density at radius 1 is 1.12 bits per heavy atom. The van der Waals surface area contributed by atoms with Gasteiger partial charge in [0.1, 0.15) is 11.9 Å². The first-order valence-corrected chi connectivity index (χ1v) is 10.9. The quantitative estimate of drug-likeness (QED) is 0.372. The van der Waals surface area contributed by atoms with E-state index in [9.17, 15) is 14.7 Å². The number of H-pyrrole nitrogens is 1. The average Bonchev–Trinajstić information content (AvgIpc) is 3.18. The highest BCUT2D eigenvalue weighted by Gasteiger charge is 2.22. The number of rotatable bonds is 9. The molecule has 0 aliphatic heterocycles. The third kappa shape index (κ3) is 4.65. The number of nitrogens with one attached hydrogen (secondary N) is 1. The number of aliphatic carboxylic acids is 1. The molecule has 0 bridgehead atoms. The minimum Gasteiger partial charge on any atom is -0.480 e. The Kier molecular flexibility index (Phi) is 6.50. The molecule has 0 saturated heterocycles. The van der Waals surface area contributed by atoms with Gasteiger partial charge in [-0.2, -0.15) is 0 Å². The van der Waals surface area contributed by atoms with Gasteiger partial charge in [0.2, 0.25) is 5.88 Å². The van der Waals surface area contributed by atoms with Gasteiger partial charge < -0.3 is 9.84 Å². The molecule has 0 saturated carbocycles. The lowest BCUT2D eigenvalue weighted by atomic mass is 10.2. The summed E-state index contributed by atoms with van der Waals surface area (Å²) in [4.78, 5) is 23.5. The summed E-state index contributed by atoms with van der Waals surface area (Å²) < 4.78 is 7.75. The number of thioether (sulfide) groups is 1. The molecule has 2 aromatic heterocycles. The molecule has 9 nitrogen and oxygen atoms in total. The molecule has 0 amide bonds. The zero-order valence-corrected chi connectivity index (χ0v) is 18.1. The van der Waals surface area contributed by atoms with E-state index in [2.05, 4.69) is 20.4 Å². The summed E-state index contributed by atoms with van der Waals surface area (Å²) in [7, 11) is 0. The van der Waals surface area contributed by atoms with E-state index < -0.39 is 11.2 Å². The van der Waals surface area contributed by atoms with Gasteiger partial charge in [0, 0.05) is 0 Å². The van der Waals surface area contributed by atoms with Crippen LogP contribution in [0.5, 0.6) is 5.88 Å². The molecular weight excluding hydrogens is 430 g/mol. The molecule has 0 radical (unpaired) electrons. The second-order valence-electron chi connectivity index (χ2n) is 7.02. The van der Waals surface area contributed by atoms with Crippen LogP contribution < -0.4 is 10.3 Å². The summed E-state index contributed by atoms with van der Waals surface area (Å²) in [5, 5.41) is 25.3. The Morgan fingerprint density at radius 2 is 1.84 bits per heavy atom. The molecule has 10 heteroatoms. The van der Waals surface area contributed by atoms with Crippen molar-refractivity contribution in [2.75, 3.05) is 0 Å². The molecule has 1 unspecified atom stereocenters. The van der Waals surface area contributed by atoms with Crippen LogP contribution in [0, 0.1) is 0 Å². The van der Waals surface area contributed by atoms with Gasteiger partial charge in [-0.25, -0.2) is 5.10 Å². The summed E-state index contributed by atoms with van der Waals surface area (Å²) in [5.74, 6) is -0.0946. The summed E-state index contributed by atoms with van der Waals surface area (Å²) in [6.45, 7) is 2.33. The topological polar surface area (TPSA) is 123 Å². The number of fused-ring (bicyclic) bond motifs is 1. The molecule has 32 heavy (non-hydrogen) atoms. The minimum atomic E-state index is -0.895. The number of carboxylic acids is 1. The molecule has 0 aliphatic carbocycles. The first-order valence-electron chi connectivity index (χ1n) is 10.0. The fourth-order valence-electron chi connectivity index (χ4n) is 3.21. The van der Waals surface area contributed by atoms with Crippen molar-refractivity contribution in [2.24, 2.45) is 0 Å². The van der Waals surface area contributed by atoms with E-state index in [0.717, 1.165) is 17.3 Å². The number of carbonyl (C=O) groups is 1. The largest absolute Gasteiger partial charge is 0.480 e. The standard InChI is InChI=1S/C22H21N5O4S/c1-2-17(21(29)30)32-22-26-23-18(27(22)12-14-8-4-3-5-9-14)13-31-20-16-11-7-6-10-15(16)19(28)24-25-20/h3-11,17H,2,12-13H2,1H3,(H,24,28)(H,29,30). The van der Waals surface area contributed by atoms with E-state index in [-0.39, 0.29) is 18.0 Å². The van der Waals surface area contributed by atoms with Crippen LogP contribution in [0.4, 0.5) is 0 Å². The highest BCUT2D eigenvalue weighted by molar-refractivity contribution is 8.00. The number of benzene rings is 2. The number of hydrogen-bond acceptors (Lipinski definition) is 7. The Morgan fingerprint density at radius 3 is 2.56 bits per heavy atom. The average molecular weight is 452 g/mol. The van der Waals surface area contributed by atoms with Gasteiger partial charge >= 0.3 is 5.97 Å². The lowest BCUT2D eigenvalue weighted by Crippen LogP contribution is -2.17. The monoisotopic (exact) mass is 451 g/mol. The van der Waals surface area contributed by atoms with Gasteiger partial charge in [0.25, 0.3) is 5.56 Å². The van der Waals surface area contributed by atoms with E-state index in [4.69, 9.17) is 4.74 Å². The van der Waals surface area contributed by atoms with Crippen molar-refractivity contribution in [2.45, 2.75) is 36.9 Å². The van der Waals surface area contributed by atoms with Gasteiger partial charge in [-0.3, -0.25) is 14.2 Å². The van der Waals surface area contributed by atoms with Crippen molar-refractivity contribution in [1.29, 1.82) is 0 Å². The molecule has 4 aromatic rings. The van der Waals surface area contributed by atoms with Gasteiger partial charge in [-0.05, 0) is 24.1 Å². The van der Waals surface area contributed by atoms with E-state index >= 15 is 0 Å². The Hall–Kier alpha value is -3.66. The van der Waals surface area contributed by atoms with Crippen molar-refractivity contribution >= 4 is 28.5 Å². The SMILES string of the molecule is CCC(Sc1nnc(COc2n[nH]c(=O)c3ccccc23)n1Cc1ccccc1)C(=O)O. The third-order valence-corrected chi connectivity index (χ3v) is 6.20. The van der Waals surface area contributed by atoms with Crippen molar-refractivity contribution in [3.05, 3.63) is 76.3 Å². The van der Waals surface area contributed by atoms with Crippen LogP contribution in [0.1, 0.15) is 24.7 Å². The molecule has 2 aromatic carbocycles. The van der Waals surface area contributed by atoms with Gasteiger partial charge in [0.15, 0.2) is 11.0 Å². The van der Waals surface area contributed by atoms with Gasteiger partial charge in [0.05, 0.1) is 17.3 Å². The Balaban J connectivity index is 1.64. The number of aromatic amines is 1. The summed E-state index contributed by atoms with van der Waals surface area (Å²) >= 11 is 1.16. The van der Waals surface area contributed by atoms with Crippen molar-refractivity contribution < 1.29 is 14.6 Å². The van der Waals surface area contributed by atoms with Crippen LogP contribution in [-0.2, 0) is 17.9 Å². The second-order valence-corrected chi connectivity index (χ2v) is 8.19. The smallest absolute Gasteiger partial charge is 0.317 e. The third-order valence-electron chi connectivity index (χ3n) is 4.87. The van der Waals surface area contributed by atoms with E-state index in [1.54, 1.807) is 24.3 Å². The van der Waals surface area contributed by atoms with Crippen LogP contribution in [0.2, 0.25) is 0 Å². The highest BCUT2D eigenvalue weighted by atomic mass is 32.2. The fourth-order valence-corrected chi connectivity index (χ4v) is 4.11. The molecule has 0 aliphatic rings. The Labute approximate surface area is 187 Å². The molecule has 0 fully saturated rings. The van der Waals surface area contributed by atoms with Crippen LogP contribution in [0.25, 0.3) is 10.8 Å². The highest BCUT2D eigenvalue weighted by Crippen LogP contribution is 2.26. The second kappa shape index (κ2) is 9.65. The van der Waals surface area contributed by atoms with E-state index in [1.165, 1.54) is 0 Å². The number of carboxylic acid groups (broad SMARTS) is 1. The molecular formula is C22H21N5O4S. The van der Waals surface area contributed by atoms with Crippen molar-refractivity contribution in [1.82, 2.24) is 25.0 Å². The normalized spacial score (nSPS) is 12.0. The predicted molar refractivity (Wildman–Crippen MR) is 120 cm³/mol. The van der Waals surface area contributed by atoms with Crippen LogP contribution in [0.3, 0.4) is 0 Å². The number of hydrogen-bond donors (Lipinski definition) is 2. The summed E-state index contributed by atoms with van der Waals surface area (Å²) in [5.41, 5.74) is 0.726. The number of aromatic nitrogens is 5. The lowest BCUT2D eigenvalue weighted by Gasteiger charge is -2.13. The molecule has 2 heterocycles. The molecule has 164 valence electrons. The lowest BCUT2D eigenvalue weighted by molar-refractivity contribution is -0.136. The van der Waals surface area contributed by atoms with Crippen LogP contribution in [0.15, 0.2) is 64.5 Å². The zero-order valence-electron chi connectivity index (χ0n) is 17.3. The predicted octanol–water partition coefficient (Wildman–Crippen LogP) is 3.10. The van der Waals surface area contributed by atoms with Crippen molar-refractivity contribution in [3.63, 3.8) is 0 Å². The van der Waals surface area contributed by atoms with Gasteiger partial charge in [-0.1, -0.05) is 61.2 Å². The molecule has 0 spiro atoms. The molecule has 4 rings (SSSR count). The van der Waals surface area contributed by atoms with Crippen molar-refractivity contribution in [3.8, 4) is 5.88 Å². The van der Waals surface area contributed by atoms with Gasteiger partial charge in [-0.15, -0.1) is 15.3 Å². The fraction of sp³-hybridized carbons (Fsp3) is 0.227. The Bertz CT molecular complexity index is 1290. The maximum absolute atomic E-state index is 12.0. The molecule has 1 atom stereocenters. The number of ether oxygens (including phenoxy) is 1. The first kappa shape index (κ1) is 21.6. The number of nitrogens with zero attached hydrogens (tertiary/aromatic N) is 4. The first-order chi connectivity index (χ1) is 15.6. The van der Waals surface area contributed by atoms with E-state index in [0.29, 0.717) is 34.7 Å². The van der Waals surface area contributed by atoms with E-state index in [1.807, 2.05) is 41.8 Å². The maximum Gasteiger partial charge on any atom is 0.317 e. The summed E-state index contributed by atoms with van der Waals surface area (Å²) in [6.07, 6.45) is 0.456. The minimum absolute atomic E-state index is 0.0489. The van der Waals surface area contributed by atoms with Crippen LogP contribution >= 0.6 is 11.8 Å². The molecule has 2 N–H and O–H groups in total. The maximum atomic E-state index is 12.0. The summed E-state index contributed by atoms with van der Waals surface area (Å²) in [6, 6.07) is 16.8. The zero-order chi connectivity index (χ0) is 22.5. The van der Waals surface area contributed by atoms with Crippen LogP contribution in [-0.4, -0.2) is 41.3 Å².